The van der Waals surface area contributed by atoms with Crippen molar-refractivity contribution in [3.63, 3.8) is 0 Å². The predicted molar refractivity (Wildman–Crippen MR) is 126 cm³/mol. The zero-order valence-electron chi connectivity index (χ0n) is 21.0. The highest BCUT2D eigenvalue weighted by Gasteiger charge is 2.42. The molecule has 0 aliphatic carbocycles. The molecule has 1 aromatic carbocycles. The van der Waals surface area contributed by atoms with Crippen molar-refractivity contribution in [3.8, 4) is 0 Å². The van der Waals surface area contributed by atoms with Gasteiger partial charge in [-0.3, -0.25) is 19.3 Å². The Kier molecular flexibility index (Phi) is 7.26. The Morgan fingerprint density at radius 3 is 2.44 bits per heavy atom. The van der Waals surface area contributed by atoms with E-state index in [0.717, 1.165) is 6.07 Å². The summed E-state index contributed by atoms with van der Waals surface area (Å²) in [6, 6.07) is 3.62. The highest BCUT2D eigenvalue weighted by atomic mass is 19.4. The summed E-state index contributed by atoms with van der Waals surface area (Å²) >= 11 is 0. The number of rotatable bonds is 5. The van der Waals surface area contributed by atoms with E-state index in [1.165, 1.54) is 48.3 Å². The van der Waals surface area contributed by atoms with Crippen LogP contribution in [0.4, 0.5) is 23.4 Å². The molecule has 0 radical (unpaired) electrons. The van der Waals surface area contributed by atoms with E-state index in [1.54, 1.807) is 11.6 Å². The predicted octanol–water partition coefficient (Wildman–Crippen LogP) is 1.33. The molecule has 3 aromatic rings. The molecule has 0 spiro atoms. The molecule has 2 aromatic heterocycles. The number of carbonyl (C=O) groups excluding carboxylic acids is 3. The fourth-order valence-electron chi connectivity index (χ4n) is 4.02. The number of aryl methyl sites for hydroxylation is 1. The summed E-state index contributed by atoms with van der Waals surface area (Å²) in [5.74, 6) is -4.01. The minimum absolute atomic E-state index is 0.0156. The third-order valence-corrected chi connectivity index (χ3v) is 6.31. The lowest BCUT2D eigenvalue weighted by Crippen LogP contribution is -2.53. The van der Waals surface area contributed by atoms with E-state index in [1.807, 2.05) is 0 Å². The number of hydrogen-bond acceptors (Lipinski definition) is 7. The second-order valence-electron chi connectivity index (χ2n) is 8.88. The van der Waals surface area contributed by atoms with E-state index in [9.17, 15) is 36.7 Å². The van der Waals surface area contributed by atoms with E-state index < -0.39 is 29.4 Å². The molecule has 1 fully saturated rings. The fourth-order valence-corrected chi connectivity index (χ4v) is 4.02. The minimum Gasteiger partial charge on any atom is -0.327 e. The van der Waals surface area contributed by atoms with Crippen LogP contribution in [0.1, 0.15) is 32.7 Å². The Bertz CT molecular complexity index is 1530. The minimum atomic E-state index is -5.35. The van der Waals surface area contributed by atoms with Crippen LogP contribution >= 0.6 is 0 Å². The summed E-state index contributed by atoms with van der Waals surface area (Å²) in [5.41, 5.74) is -0.681. The normalized spacial score (nSPS) is 14.1. The molecule has 1 aliphatic rings. The number of amides is 2. The summed E-state index contributed by atoms with van der Waals surface area (Å²) in [6.45, 7) is 2.84. The van der Waals surface area contributed by atoms with Gasteiger partial charge >= 0.3 is 17.7 Å². The number of carbonyl (C=O) groups is 3. The number of benzene rings is 1. The van der Waals surface area contributed by atoms with Crippen LogP contribution < -0.4 is 15.3 Å². The maximum atomic E-state index is 14.7. The van der Waals surface area contributed by atoms with Crippen LogP contribution in [0.3, 0.4) is 0 Å². The van der Waals surface area contributed by atoms with Crippen molar-refractivity contribution in [1.29, 1.82) is 0 Å². The first-order chi connectivity index (χ1) is 18.3. The van der Waals surface area contributed by atoms with E-state index >= 15 is 0 Å². The quantitative estimate of drug-likeness (QED) is 0.440. The number of alkyl halides is 3. The van der Waals surface area contributed by atoms with Crippen molar-refractivity contribution in [2.45, 2.75) is 26.4 Å². The lowest BCUT2D eigenvalue weighted by molar-refractivity contribution is -0.202. The van der Waals surface area contributed by atoms with Crippen molar-refractivity contribution in [2.75, 3.05) is 24.5 Å². The number of aromatic nitrogens is 4. The van der Waals surface area contributed by atoms with Crippen LogP contribution in [-0.2, 0) is 23.1 Å². The lowest BCUT2D eigenvalue weighted by Gasteiger charge is -2.34. The van der Waals surface area contributed by atoms with Crippen LogP contribution in [0.5, 0.6) is 0 Å². The third kappa shape index (κ3) is 5.51. The third-order valence-electron chi connectivity index (χ3n) is 6.31. The molecule has 39 heavy (non-hydrogen) atoms. The van der Waals surface area contributed by atoms with Gasteiger partial charge in [0.1, 0.15) is 18.2 Å². The average molecular weight is 550 g/mol. The smallest absolute Gasteiger partial charge is 0.327 e. The summed E-state index contributed by atoms with van der Waals surface area (Å²) in [7, 11) is 1.72. The van der Waals surface area contributed by atoms with Gasteiger partial charge in [0, 0.05) is 32.1 Å². The van der Waals surface area contributed by atoms with Crippen LogP contribution in [-0.4, -0.2) is 68.0 Å². The first kappa shape index (κ1) is 27.5. The largest absolute Gasteiger partial charge is 0.493 e. The molecule has 1 saturated heterocycles. The maximum absolute atomic E-state index is 14.7. The van der Waals surface area contributed by atoms with Gasteiger partial charge in [-0.05, 0) is 42.0 Å². The van der Waals surface area contributed by atoms with Crippen molar-refractivity contribution in [3.05, 3.63) is 74.8 Å². The summed E-state index contributed by atoms with van der Waals surface area (Å²) < 4.78 is 54.2. The van der Waals surface area contributed by atoms with Gasteiger partial charge in [-0.25, -0.2) is 14.2 Å². The maximum Gasteiger partial charge on any atom is 0.493 e. The molecule has 206 valence electrons. The van der Waals surface area contributed by atoms with Crippen molar-refractivity contribution >= 4 is 23.6 Å². The van der Waals surface area contributed by atoms with Crippen LogP contribution in [0.2, 0.25) is 0 Å². The van der Waals surface area contributed by atoms with Gasteiger partial charge < -0.3 is 14.3 Å². The van der Waals surface area contributed by atoms with E-state index in [-0.39, 0.29) is 53.6 Å². The molecular formula is C24H22F4N6O5. The molecule has 1 aliphatic heterocycles. The Hall–Kier alpha value is -4.56. The SMILES string of the molecule is Cc1c(Cc2ccc(F)c(C(=O)N3CCN(c4cncn4C)C(=O)C3)c2)nn(OC(=O)C(F)(F)F)c(=O)c1C. The first-order valence-corrected chi connectivity index (χ1v) is 11.5. The van der Waals surface area contributed by atoms with Crippen molar-refractivity contribution < 1.29 is 36.8 Å². The topological polar surface area (TPSA) is 120 Å². The van der Waals surface area contributed by atoms with Crippen molar-refractivity contribution in [2.24, 2.45) is 7.05 Å². The van der Waals surface area contributed by atoms with Gasteiger partial charge in [0.25, 0.3) is 5.91 Å². The molecule has 2 amide bonds. The Morgan fingerprint density at radius 1 is 1.10 bits per heavy atom. The van der Waals surface area contributed by atoms with Gasteiger partial charge in [0.05, 0.1) is 23.8 Å². The van der Waals surface area contributed by atoms with Crippen molar-refractivity contribution in [1.82, 2.24) is 24.4 Å². The Morgan fingerprint density at radius 2 is 1.82 bits per heavy atom. The number of anilines is 1. The first-order valence-electron chi connectivity index (χ1n) is 11.5. The lowest BCUT2D eigenvalue weighted by atomic mass is 10.0. The fraction of sp³-hybridized carbons (Fsp3) is 0.333. The number of halogens is 4. The van der Waals surface area contributed by atoms with Gasteiger partial charge in [0.2, 0.25) is 5.91 Å². The summed E-state index contributed by atoms with van der Waals surface area (Å²) in [4.78, 5) is 60.1. The zero-order chi connectivity index (χ0) is 28.6. The molecule has 4 rings (SSSR count). The Balaban J connectivity index is 1.56. The second kappa shape index (κ2) is 10.3. The molecule has 0 atom stereocenters. The standard InChI is InChI=1S/C24H22F4N6O5/c1-13-14(2)21(36)34(39-23(38)24(26,27)28)30-18(13)9-15-4-5-17(25)16(8-15)22(37)32-6-7-33(20(35)11-32)19-10-29-12-31(19)3/h4-5,8,10,12H,6-7,9,11H2,1-3H3. The van der Waals surface area contributed by atoms with Gasteiger partial charge in [0.15, 0.2) is 0 Å². The average Bonchev–Trinajstić information content (AvgIpc) is 3.30. The molecule has 0 unspecified atom stereocenters. The second-order valence-corrected chi connectivity index (χ2v) is 8.88. The van der Waals surface area contributed by atoms with E-state index in [2.05, 4.69) is 14.9 Å². The molecule has 15 heteroatoms. The van der Waals surface area contributed by atoms with Crippen LogP contribution in [0.15, 0.2) is 35.5 Å². The highest BCUT2D eigenvalue weighted by Crippen LogP contribution is 2.21. The number of hydrogen-bond donors (Lipinski definition) is 0. The van der Waals surface area contributed by atoms with Crippen LogP contribution in [0.25, 0.3) is 0 Å². The number of imidazole rings is 1. The monoisotopic (exact) mass is 550 g/mol. The van der Waals surface area contributed by atoms with Gasteiger partial charge in [-0.1, -0.05) is 6.07 Å². The van der Waals surface area contributed by atoms with E-state index in [4.69, 9.17) is 0 Å². The molecular weight excluding hydrogens is 528 g/mol. The van der Waals surface area contributed by atoms with E-state index in [0.29, 0.717) is 16.9 Å². The highest BCUT2D eigenvalue weighted by molar-refractivity contribution is 6.01. The zero-order valence-corrected chi connectivity index (χ0v) is 21.0. The molecule has 0 bridgehead atoms. The molecule has 0 saturated carbocycles. The van der Waals surface area contributed by atoms with Gasteiger partial charge in [-0.15, -0.1) is 5.10 Å². The molecule has 0 N–H and O–H groups in total. The number of nitrogens with zero attached hydrogens (tertiary/aromatic N) is 6. The number of piperazine rings is 1. The van der Waals surface area contributed by atoms with Gasteiger partial charge in [-0.2, -0.15) is 13.2 Å². The summed E-state index contributed by atoms with van der Waals surface area (Å²) in [5, 5.41) is 3.73. The molecule has 3 heterocycles. The van der Waals surface area contributed by atoms with Crippen LogP contribution in [0, 0.1) is 19.7 Å². The summed E-state index contributed by atoms with van der Waals surface area (Å²) in [6.07, 6.45) is -2.43. The molecule has 11 nitrogen and oxygen atoms in total. The Labute approximate surface area is 218 Å².